The first kappa shape index (κ1) is 18.8. The highest BCUT2D eigenvalue weighted by molar-refractivity contribution is 4.45. The fraction of sp³-hybridized carbons (Fsp3) is 1.00. The minimum atomic E-state index is 0.627. The Morgan fingerprint density at radius 3 is 1.63 bits per heavy atom. The van der Waals surface area contributed by atoms with Crippen LogP contribution in [-0.4, -0.2) is 52.9 Å². The maximum Gasteiger partial charge on any atom is 0.0701 e. The van der Waals surface area contributed by atoms with E-state index in [9.17, 15) is 0 Å². The summed E-state index contributed by atoms with van der Waals surface area (Å²) in [5.41, 5.74) is 0. The van der Waals surface area contributed by atoms with Crippen molar-refractivity contribution < 1.29 is 18.9 Å². The highest BCUT2D eigenvalue weighted by Crippen LogP contribution is 1.99. The van der Waals surface area contributed by atoms with Crippen molar-refractivity contribution in [1.82, 2.24) is 0 Å². The second kappa shape index (κ2) is 15.9. The van der Waals surface area contributed by atoms with Gasteiger partial charge in [0.05, 0.1) is 39.6 Å². The molecule has 0 aromatic heterocycles. The molecule has 19 heavy (non-hydrogen) atoms. The van der Waals surface area contributed by atoms with Crippen LogP contribution in [0.2, 0.25) is 0 Å². The van der Waals surface area contributed by atoms with Crippen LogP contribution in [0.1, 0.15) is 40.0 Å². The average Bonchev–Trinajstić information content (AvgIpc) is 2.43. The molecule has 0 rings (SSSR count). The Bertz CT molecular complexity index is 164. The molecule has 116 valence electrons. The molecule has 0 saturated carbocycles. The summed E-state index contributed by atoms with van der Waals surface area (Å²) in [6.45, 7) is 12.1. The topological polar surface area (TPSA) is 36.9 Å². The summed E-state index contributed by atoms with van der Waals surface area (Å²) in [5, 5.41) is 0. The molecule has 0 N–H and O–H groups in total. The van der Waals surface area contributed by atoms with E-state index in [0.717, 1.165) is 26.1 Å². The fourth-order valence-electron chi connectivity index (χ4n) is 1.31. The second-order valence-corrected chi connectivity index (χ2v) is 4.78. The highest BCUT2D eigenvalue weighted by atomic mass is 16.6. The van der Waals surface area contributed by atoms with E-state index in [-0.39, 0.29) is 0 Å². The van der Waals surface area contributed by atoms with Crippen LogP contribution in [0.5, 0.6) is 0 Å². The predicted octanol–water partition coefficient (Wildman–Crippen LogP) is 2.90. The monoisotopic (exact) mass is 276 g/mol. The lowest BCUT2D eigenvalue weighted by Crippen LogP contribution is -2.13. The van der Waals surface area contributed by atoms with Crippen molar-refractivity contribution in [2.45, 2.75) is 40.0 Å². The van der Waals surface area contributed by atoms with Crippen LogP contribution in [0.4, 0.5) is 0 Å². The Morgan fingerprint density at radius 1 is 0.684 bits per heavy atom. The van der Waals surface area contributed by atoms with Crippen LogP contribution in [0.15, 0.2) is 0 Å². The molecule has 0 aromatic carbocycles. The number of hydrogen-bond acceptors (Lipinski definition) is 4. The molecule has 0 spiro atoms. The largest absolute Gasteiger partial charge is 0.379 e. The summed E-state index contributed by atoms with van der Waals surface area (Å²) in [4.78, 5) is 0. The van der Waals surface area contributed by atoms with Gasteiger partial charge in [-0.05, 0) is 12.3 Å². The van der Waals surface area contributed by atoms with Gasteiger partial charge in [-0.2, -0.15) is 0 Å². The van der Waals surface area contributed by atoms with Crippen molar-refractivity contribution in [3.05, 3.63) is 0 Å². The van der Waals surface area contributed by atoms with Crippen molar-refractivity contribution in [2.75, 3.05) is 52.9 Å². The summed E-state index contributed by atoms with van der Waals surface area (Å²) in [7, 11) is 0. The highest BCUT2D eigenvalue weighted by Gasteiger charge is 1.97. The van der Waals surface area contributed by atoms with Crippen molar-refractivity contribution in [1.29, 1.82) is 0 Å². The smallest absolute Gasteiger partial charge is 0.0701 e. The van der Waals surface area contributed by atoms with Gasteiger partial charge in [0.15, 0.2) is 0 Å². The van der Waals surface area contributed by atoms with Crippen LogP contribution in [-0.2, 0) is 18.9 Å². The molecule has 0 aliphatic heterocycles. The lowest BCUT2D eigenvalue weighted by Gasteiger charge is -2.10. The zero-order valence-electron chi connectivity index (χ0n) is 13.0. The van der Waals surface area contributed by atoms with Gasteiger partial charge >= 0.3 is 0 Å². The number of ether oxygens (including phenoxy) is 4. The van der Waals surface area contributed by atoms with Crippen LogP contribution in [0.25, 0.3) is 0 Å². The van der Waals surface area contributed by atoms with Gasteiger partial charge in [0, 0.05) is 13.2 Å². The van der Waals surface area contributed by atoms with E-state index in [1.807, 2.05) is 0 Å². The van der Waals surface area contributed by atoms with Gasteiger partial charge in [0.25, 0.3) is 0 Å². The lowest BCUT2D eigenvalue weighted by molar-refractivity contribution is -0.00554. The van der Waals surface area contributed by atoms with Crippen LogP contribution in [0.3, 0.4) is 0 Å². The normalized spacial score (nSPS) is 12.8. The van der Waals surface area contributed by atoms with E-state index in [1.54, 1.807) is 0 Å². The van der Waals surface area contributed by atoms with Crippen molar-refractivity contribution >= 4 is 0 Å². The first-order chi connectivity index (χ1) is 9.31. The van der Waals surface area contributed by atoms with Crippen LogP contribution < -0.4 is 0 Å². The molecule has 0 heterocycles. The molecule has 0 amide bonds. The van der Waals surface area contributed by atoms with Gasteiger partial charge in [-0.25, -0.2) is 0 Å². The third-order valence-electron chi connectivity index (χ3n) is 2.86. The summed E-state index contributed by atoms with van der Waals surface area (Å²) in [6.07, 6.45) is 3.46. The standard InChI is InChI=1S/C15H32O4/c1-4-6-7-16-8-9-17-10-11-18-12-13-19-14-15(3)5-2/h15H,4-14H2,1-3H3. The molecule has 0 saturated heterocycles. The van der Waals surface area contributed by atoms with Crippen LogP contribution >= 0.6 is 0 Å². The van der Waals surface area contributed by atoms with Gasteiger partial charge in [0.1, 0.15) is 0 Å². The van der Waals surface area contributed by atoms with Crippen LogP contribution in [0, 0.1) is 5.92 Å². The zero-order chi connectivity index (χ0) is 14.2. The minimum absolute atomic E-state index is 0.627. The van der Waals surface area contributed by atoms with Gasteiger partial charge in [0.2, 0.25) is 0 Å². The van der Waals surface area contributed by atoms with E-state index < -0.39 is 0 Å². The molecular weight excluding hydrogens is 244 g/mol. The van der Waals surface area contributed by atoms with E-state index in [4.69, 9.17) is 18.9 Å². The van der Waals surface area contributed by atoms with E-state index >= 15 is 0 Å². The first-order valence-electron chi connectivity index (χ1n) is 7.62. The molecule has 0 fully saturated rings. The molecule has 0 aromatic rings. The maximum absolute atomic E-state index is 5.48. The Balaban J connectivity index is 2.95. The SMILES string of the molecule is CCCCOCCOCCOCCOCC(C)CC. The molecule has 4 heteroatoms. The number of hydrogen-bond donors (Lipinski definition) is 0. The number of rotatable bonds is 15. The van der Waals surface area contributed by atoms with Crippen molar-refractivity contribution in [3.8, 4) is 0 Å². The molecule has 4 nitrogen and oxygen atoms in total. The molecule has 0 bridgehead atoms. The Morgan fingerprint density at radius 2 is 1.16 bits per heavy atom. The fourth-order valence-corrected chi connectivity index (χ4v) is 1.31. The Kier molecular flexibility index (Phi) is 15.8. The Labute approximate surface area is 118 Å². The predicted molar refractivity (Wildman–Crippen MR) is 77.6 cm³/mol. The molecule has 1 atom stereocenters. The van der Waals surface area contributed by atoms with E-state index in [1.165, 1.54) is 6.42 Å². The summed E-state index contributed by atoms with van der Waals surface area (Å²) >= 11 is 0. The quantitative estimate of drug-likeness (QED) is 0.431. The van der Waals surface area contributed by atoms with E-state index in [2.05, 4.69) is 20.8 Å². The van der Waals surface area contributed by atoms with Gasteiger partial charge in [-0.15, -0.1) is 0 Å². The zero-order valence-corrected chi connectivity index (χ0v) is 13.0. The molecular formula is C15H32O4. The summed E-state index contributed by atoms with van der Waals surface area (Å²) < 4.78 is 21.7. The second-order valence-electron chi connectivity index (χ2n) is 4.78. The molecule has 0 aliphatic carbocycles. The maximum atomic E-state index is 5.48. The summed E-state index contributed by atoms with van der Waals surface area (Å²) in [5.74, 6) is 0.635. The number of unbranched alkanes of at least 4 members (excludes halogenated alkanes) is 1. The van der Waals surface area contributed by atoms with Crippen molar-refractivity contribution in [3.63, 3.8) is 0 Å². The first-order valence-corrected chi connectivity index (χ1v) is 7.62. The third kappa shape index (κ3) is 15.8. The minimum Gasteiger partial charge on any atom is -0.379 e. The average molecular weight is 276 g/mol. The molecule has 0 radical (unpaired) electrons. The van der Waals surface area contributed by atoms with Crippen molar-refractivity contribution in [2.24, 2.45) is 5.92 Å². The Hall–Kier alpha value is -0.160. The van der Waals surface area contributed by atoms with E-state index in [0.29, 0.717) is 45.6 Å². The van der Waals surface area contributed by atoms with Gasteiger partial charge < -0.3 is 18.9 Å². The lowest BCUT2D eigenvalue weighted by atomic mass is 10.1. The summed E-state index contributed by atoms with van der Waals surface area (Å²) in [6, 6.07) is 0. The molecule has 1 unspecified atom stereocenters. The van der Waals surface area contributed by atoms with Gasteiger partial charge in [-0.3, -0.25) is 0 Å². The van der Waals surface area contributed by atoms with Gasteiger partial charge in [-0.1, -0.05) is 33.6 Å². The third-order valence-corrected chi connectivity index (χ3v) is 2.86. The molecule has 0 aliphatic rings.